The lowest BCUT2D eigenvalue weighted by Gasteiger charge is -2.16. The number of rotatable bonds is 2. The van der Waals surface area contributed by atoms with Gasteiger partial charge in [0.25, 0.3) is 0 Å². The lowest BCUT2D eigenvalue weighted by molar-refractivity contribution is 0.618. The van der Waals surface area contributed by atoms with Crippen LogP contribution in [-0.2, 0) is 0 Å². The Hall–Kier alpha value is -0.760. The highest BCUT2D eigenvalue weighted by Crippen LogP contribution is 2.20. The lowest BCUT2D eigenvalue weighted by Crippen LogP contribution is -2.18. The topological polar surface area (TPSA) is 24.9 Å². The Morgan fingerprint density at radius 2 is 1.87 bits per heavy atom. The van der Waals surface area contributed by atoms with Crippen molar-refractivity contribution >= 4 is 17.4 Å². The van der Waals surface area contributed by atoms with Crippen LogP contribution in [0.3, 0.4) is 0 Å². The Labute approximate surface area is 96.1 Å². The van der Waals surface area contributed by atoms with Crippen LogP contribution in [0.2, 0.25) is 5.15 Å². The van der Waals surface area contributed by atoms with E-state index < -0.39 is 0 Å². The summed E-state index contributed by atoms with van der Waals surface area (Å²) in [6.07, 6.45) is 7.93. The van der Waals surface area contributed by atoms with Crippen molar-refractivity contribution < 1.29 is 0 Å². The largest absolute Gasteiger partial charge is 0.367 e. The van der Waals surface area contributed by atoms with Crippen LogP contribution >= 0.6 is 11.6 Å². The number of anilines is 1. The van der Waals surface area contributed by atoms with Gasteiger partial charge in [-0.15, -0.1) is 0 Å². The molecule has 1 saturated carbocycles. The molecule has 0 saturated heterocycles. The van der Waals surface area contributed by atoms with Crippen molar-refractivity contribution in [2.75, 3.05) is 5.32 Å². The first-order chi connectivity index (χ1) is 7.34. The smallest absolute Gasteiger partial charge is 0.131 e. The van der Waals surface area contributed by atoms with Crippen molar-refractivity contribution in [2.24, 2.45) is 0 Å². The molecule has 3 heteroatoms. The van der Waals surface area contributed by atoms with Gasteiger partial charge in [-0.25, -0.2) is 4.98 Å². The molecule has 1 fully saturated rings. The van der Waals surface area contributed by atoms with E-state index >= 15 is 0 Å². The summed E-state index contributed by atoms with van der Waals surface area (Å²) < 4.78 is 0. The Balaban J connectivity index is 1.95. The highest BCUT2D eigenvalue weighted by atomic mass is 35.5. The Kier molecular flexibility index (Phi) is 3.84. The average molecular weight is 225 g/mol. The normalized spacial score (nSPS) is 18.5. The number of nitrogens with one attached hydrogen (secondary N) is 1. The van der Waals surface area contributed by atoms with Gasteiger partial charge in [0.15, 0.2) is 0 Å². The van der Waals surface area contributed by atoms with Gasteiger partial charge in [0, 0.05) is 6.04 Å². The maximum absolute atomic E-state index is 5.84. The van der Waals surface area contributed by atoms with Crippen molar-refractivity contribution in [3.05, 3.63) is 23.4 Å². The molecule has 15 heavy (non-hydrogen) atoms. The zero-order chi connectivity index (χ0) is 10.5. The third kappa shape index (κ3) is 3.38. The van der Waals surface area contributed by atoms with E-state index in [9.17, 15) is 0 Å². The highest BCUT2D eigenvalue weighted by molar-refractivity contribution is 6.29. The standard InChI is InChI=1S/C12H17ClN2/c13-11-8-5-9-12(15-11)14-10-6-3-1-2-4-7-10/h5,8-10H,1-4,6-7H2,(H,14,15). The molecular formula is C12H17ClN2. The Bertz CT molecular complexity index is 306. The first-order valence-corrected chi connectivity index (χ1v) is 6.11. The second-order valence-corrected chi connectivity index (χ2v) is 4.57. The Morgan fingerprint density at radius 3 is 2.53 bits per heavy atom. The predicted octanol–water partition coefficient (Wildman–Crippen LogP) is 3.87. The summed E-state index contributed by atoms with van der Waals surface area (Å²) in [5.74, 6) is 0.911. The van der Waals surface area contributed by atoms with Gasteiger partial charge in [0.05, 0.1) is 0 Å². The molecule has 0 atom stereocenters. The van der Waals surface area contributed by atoms with Crippen LogP contribution in [0.15, 0.2) is 18.2 Å². The second kappa shape index (κ2) is 5.36. The zero-order valence-electron chi connectivity index (χ0n) is 8.88. The Morgan fingerprint density at radius 1 is 1.13 bits per heavy atom. The molecule has 82 valence electrons. The highest BCUT2D eigenvalue weighted by Gasteiger charge is 2.12. The van der Waals surface area contributed by atoms with Gasteiger partial charge in [-0.3, -0.25) is 0 Å². The first-order valence-electron chi connectivity index (χ1n) is 5.74. The van der Waals surface area contributed by atoms with Gasteiger partial charge < -0.3 is 5.32 Å². The third-order valence-electron chi connectivity index (χ3n) is 2.92. The van der Waals surface area contributed by atoms with Crippen LogP contribution in [0.25, 0.3) is 0 Å². The summed E-state index contributed by atoms with van der Waals surface area (Å²) in [4.78, 5) is 4.25. The summed E-state index contributed by atoms with van der Waals surface area (Å²) in [7, 11) is 0. The van der Waals surface area contributed by atoms with Crippen LogP contribution < -0.4 is 5.32 Å². The maximum atomic E-state index is 5.84. The maximum Gasteiger partial charge on any atom is 0.131 e. The molecule has 0 spiro atoms. The first kappa shape index (κ1) is 10.7. The van der Waals surface area contributed by atoms with Crippen molar-refractivity contribution in [1.82, 2.24) is 4.98 Å². The molecule has 1 aromatic heterocycles. The van der Waals surface area contributed by atoms with Gasteiger partial charge in [-0.1, -0.05) is 43.4 Å². The molecular weight excluding hydrogens is 208 g/mol. The minimum atomic E-state index is 0.564. The van der Waals surface area contributed by atoms with E-state index in [1.807, 2.05) is 12.1 Å². The van der Waals surface area contributed by atoms with Crippen molar-refractivity contribution in [2.45, 2.75) is 44.6 Å². The van der Waals surface area contributed by atoms with E-state index in [1.54, 1.807) is 6.07 Å². The molecule has 1 heterocycles. The molecule has 1 aliphatic carbocycles. The van der Waals surface area contributed by atoms with Crippen molar-refractivity contribution in [3.63, 3.8) is 0 Å². The lowest BCUT2D eigenvalue weighted by atomic mass is 10.1. The number of halogens is 1. The fourth-order valence-electron chi connectivity index (χ4n) is 2.12. The molecule has 1 aliphatic rings. The zero-order valence-corrected chi connectivity index (χ0v) is 9.63. The van der Waals surface area contributed by atoms with E-state index in [2.05, 4.69) is 10.3 Å². The van der Waals surface area contributed by atoms with Crippen LogP contribution in [0.5, 0.6) is 0 Å². The van der Waals surface area contributed by atoms with E-state index in [0.29, 0.717) is 11.2 Å². The van der Waals surface area contributed by atoms with Gasteiger partial charge >= 0.3 is 0 Å². The van der Waals surface area contributed by atoms with Crippen molar-refractivity contribution in [3.8, 4) is 0 Å². The predicted molar refractivity (Wildman–Crippen MR) is 64.4 cm³/mol. The molecule has 1 aromatic rings. The molecule has 1 N–H and O–H groups in total. The van der Waals surface area contributed by atoms with E-state index in [0.717, 1.165) is 5.82 Å². The molecule has 0 bridgehead atoms. The summed E-state index contributed by atoms with van der Waals surface area (Å²) in [6, 6.07) is 6.31. The van der Waals surface area contributed by atoms with Gasteiger partial charge in [0.2, 0.25) is 0 Å². The van der Waals surface area contributed by atoms with Crippen LogP contribution in [0, 0.1) is 0 Å². The number of pyridine rings is 1. The summed E-state index contributed by atoms with van der Waals surface area (Å²) >= 11 is 5.84. The molecule has 2 nitrogen and oxygen atoms in total. The van der Waals surface area contributed by atoms with Crippen molar-refractivity contribution in [1.29, 1.82) is 0 Å². The van der Waals surface area contributed by atoms with E-state index in [1.165, 1.54) is 38.5 Å². The number of hydrogen-bond acceptors (Lipinski definition) is 2. The quantitative estimate of drug-likeness (QED) is 0.610. The summed E-state index contributed by atoms with van der Waals surface area (Å²) in [5.41, 5.74) is 0. The average Bonchev–Trinajstić information content (AvgIpc) is 2.46. The number of hydrogen-bond donors (Lipinski definition) is 1. The summed E-state index contributed by atoms with van der Waals surface area (Å²) in [6.45, 7) is 0. The monoisotopic (exact) mass is 224 g/mol. The van der Waals surface area contributed by atoms with Crippen LogP contribution in [-0.4, -0.2) is 11.0 Å². The fraction of sp³-hybridized carbons (Fsp3) is 0.583. The SMILES string of the molecule is Clc1cccc(NC2CCCCCC2)n1. The molecule has 0 unspecified atom stereocenters. The van der Waals surface area contributed by atoms with Crippen LogP contribution in [0.1, 0.15) is 38.5 Å². The molecule has 2 rings (SSSR count). The van der Waals surface area contributed by atoms with Gasteiger partial charge in [-0.05, 0) is 25.0 Å². The minimum absolute atomic E-state index is 0.564. The fourth-order valence-corrected chi connectivity index (χ4v) is 2.29. The summed E-state index contributed by atoms with van der Waals surface area (Å²) in [5, 5.41) is 4.03. The molecule has 0 aliphatic heterocycles. The molecule has 0 radical (unpaired) electrons. The molecule has 0 amide bonds. The van der Waals surface area contributed by atoms with E-state index in [-0.39, 0.29) is 0 Å². The second-order valence-electron chi connectivity index (χ2n) is 4.18. The molecule has 0 aromatic carbocycles. The number of nitrogens with zero attached hydrogens (tertiary/aromatic N) is 1. The minimum Gasteiger partial charge on any atom is -0.367 e. The van der Waals surface area contributed by atoms with E-state index in [4.69, 9.17) is 11.6 Å². The third-order valence-corrected chi connectivity index (χ3v) is 3.13. The van der Waals surface area contributed by atoms with Crippen LogP contribution in [0.4, 0.5) is 5.82 Å². The van der Waals surface area contributed by atoms with Gasteiger partial charge in [0.1, 0.15) is 11.0 Å². The van der Waals surface area contributed by atoms with Gasteiger partial charge in [-0.2, -0.15) is 0 Å². The number of aromatic nitrogens is 1.